The molecule has 1 unspecified atom stereocenters. The van der Waals surface area contributed by atoms with Crippen LogP contribution in [0, 0.1) is 6.92 Å². The van der Waals surface area contributed by atoms with E-state index in [4.69, 9.17) is 4.42 Å². The van der Waals surface area contributed by atoms with Crippen LogP contribution in [0.15, 0.2) is 51.6 Å². The third-order valence-corrected chi connectivity index (χ3v) is 5.60. The third kappa shape index (κ3) is 3.99. The zero-order valence-corrected chi connectivity index (χ0v) is 16.6. The van der Waals surface area contributed by atoms with Crippen molar-refractivity contribution in [3.63, 3.8) is 0 Å². The molecule has 28 heavy (non-hydrogen) atoms. The molecule has 2 aromatic heterocycles. The number of hydrogen-bond donors (Lipinski definition) is 2. The Bertz CT molecular complexity index is 950. The van der Waals surface area contributed by atoms with Crippen molar-refractivity contribution in [2.24, 2.45) is 0 Å². The van der Waals surface area contributed by atoms with Crippen LogP contribution in [0.3, 0.4) is 0 Å². The summed E-state index contributed by atoms with van der Waals surface area (Å²) in [6.07, 6.45) is 0.394. The van der Waals surface area contributed by atoms with E-state index in [0.717, 1.165) is 5.56 Å². The Labute approximate surface area is 167 Å². The Morgan fingerprint density at radius 1 is 1.25 bits per heavy atom. The van der Waals surface area contributed by atoms with Crippen LogP contribution >= 0.6 is 11.3 Å². The van der Waals surface area contributed by atoms with Gasteiger partial charge >= 0.3 is 5.97 Å². The van der Waals surface area contributed by atoms with Crippen molar-refractivity contribution in [1.29, 1.82) is 0 Å². The minimum Gasteiger partial charge on any atom is -0.481 e. The highest BCUT2D eigenvalue weighted by molar-refractivity contribution is 7.08. The monoisotopic (exact) mass is 398 g/mol. The first-order chi connectivity index (χ1) is 13.5. The fourth-order valence-electron chi connectivity index (χ4n) is 3.10. The lowest BCUT2D eigenvalue weighted by Gasteiger charge is -2.29. The maximum Gasteiger partial charge on any atom is 0.315 e. The Kier molecular flexibility index (Phi) is 5.94. The zero-order chi connectivity index (χ0) is 20.1. The first kappa shape index (κ1) is 19.8. The highest BCUT2D eigenvalue weighted by Gasteiger charge is 2.39. The van der Waals surface area contributed by atoms with Gasteiger partial charge in [-0.3, -0.25) is 9.59 Å². The van der Waals surface area contributed by atoms with Gasteiger partial charge in [0.1, 0.15) is 11.2 Å². The molecule has 2 N–H and O–H groups in total. The van der Waals surface area contributed by atoms with Crippen molar-refractivity contribution >= 4 is 23.2 Å². The summed E-state index contributed by atoms with van der Waals surface area (Å²) in [5.74, 6) is -0.180. The van der Waals surface area contributed by atoms with Crippen molar-refractivity contribution < 1.29 is 19.1 Å². The lowest BCUT2D eigenvalue weighted by Crippen LogP contribution is -2.46. The van der Waals surface area contributed by atoms with E-state index in [1.54, 1.807) is 42.5 Å². The molecule has 0 saturated heterocycles. The maximum atomic E-state index is 12.5. The number of aromatic nitrogens is 1. The van der Waals surface area contributed by atoms with E-state index in [1.165, 1.54) is 0 Å². The summed E-state index contributed by atoms with van der Waals surface area (Å²) in [6, 6.07) is 10.9. The summed E-state index contributed by atoms with van der Waals surface area (Å²) in [7, 11) is 0. The standard InChI is InChI=1S/C21H22N2O4S/c1-3-21(20(25)26,16-7-5-4-6-8-16)13-22-18(24)11-17-14(2)27-19(23-17)15-9-10-28-12-15/h4-10,12H,3,11,13H2,1-2H3,(H,22,24)(H,25,26). The van der Waals surface area contributed by atoms with E-state index in [9.17, 15) is 14.7 Å². The number of carboxylic acid groups (broad SMARTS) is 1. The molecule has 7 heteroatoms. The minimum atomic E-state index is -1.17. The van der Waals surface area contributed by atoms with Crippen LogP contribution < -0.4 is 5.32 Å². The lowest BCUT2D eigenvalue weighted by molar-refractivity contribution is -0.144. The number of benzene rings is 1. The highest BCUT2D eigenvalue weighted by Crippen LogP contribution is 2.28. The molecule has 3 rings (SSSR count). The van der Waals surface area contributed by atoms with E-state index in [1.807, 2.05) is 29.8 Å². The van der Waals surface area contributed by atoms with Gasteiger partial charge in [-0.25, -0.2) is 4.98 Å². The summed E-state index contributed by atoms with van der Waals surface area (Å²) in [4.78, 5) is 28.9. The molecule has 0 spiro atoms. The molecule has 1 aromatic carbocycles. The van der Waals surface area contributed by atoms with Crippen LogP contribution in [0.2, 0.25) is 0 Å². The topological polar surface area (TPSA) is 92.4 Å². The van der Waals surface area contributed by atoms with Gasteiger partial charge in [0, 0.05) is 17.5 Å². The molecule has 1 amide bonds. The number of thiophene rings is 1. The van der Waals surface area contributed by atoms with Crippen molar-refractivity contribution in [2.45, 2.75) is 32.1 Å². The minimum absolute atomic E-state index is 0.00989. The predicted molar refractivity (Wildman–Crippen MR) is 107 cm³/mol. The Morgan fingerprint density at radius 3 is 2.61 bits per heavy atom. The Morgan fingerprint density at radius 2 is 2.00 bits per heavy atom. The van der Waals surface area contributed by atoms with Crippen LogP contribution in [0.1, 0.15) is 30.4 Å². The van der Waals surface area contributed by atoms with Gasteiger partial charge in [-0.2, -0.15) is 11.3 Å². The van der Waals surface area contributed by atoms with Gasteiger partial charge < -0.3 is 14.8 Å². The van der Waals surface area contributed by atoms with Crippen LogP contribution in [-0.4, -0.2) is 28.5 Å². The number of aryl methyl sites for hydroxylation is 1. The van der Waals surface area contributed by atoms with Crippen molar-refractivity contribution in [3.05, 3.63) is 64.2 Å². The first-order valence-corrected chi connectivity index (χ1v) is 9.95. The van der Waals surface area contributed by atoms with E-state index < -0.39 is 11.4 Å². The van der Waals surface area contributed by atoms with Gasteiger partial charge in [0.2, 0.25) is 11.8 Å². The average Bonchev–Trinajstić information content (AvgIpc) is 3.34. The van der Waals surface area contributed by atoms with Gasteiger partial charge in [0.15, 0.2) is 0 Å². The molecule has 3 aromatic rings. The van der Waals surface area contributed by atoms with E-state index in [2.05, 4.69) is 10.3 Å². The van der Waals surface area contributed by atoms with Crippen LogP contribution in [0.25, 0.3) is 11.5 Å². The predicted octanol–water partition coefficient (Wildman–Crippen LogP) is 3.80. The first-order valence-electron chi connectivity index (χ1n) is 9.00. The lowest BCUT2D eigenvalue weighted by atomic mass is 9.78. The van der Waals surface area contributed by atoms with Gasteiger partial charge in [-0.05, 0) is 30.4 Å². The van der Waals surface area contributed by atoms with Gasteiger partial charge in [-0.1, -0.05) is 37.3 Å². The molecule has 0 fully saturated rings. The molecule has 0 saturated carbocycles. The summed E-state index contributed by atoms with van der Waals surface area (Å²) in [5, 5.41) is 16.5. The fourth-order valence-corrected chi connectivity index (χ4v) is 3.73. The SMILES string of the molecule is CCC(CNC(=O)Cc1nc(-c2ccsc2)oc1C)(C(=O)O)c1ccccc1. The van der Waals surface area contributed by atoms with Gasteiger partial charge in [0.05, 0.1) is 12.1 Å². The van der Waals surface area contributed by atoms with Crippen LogP contribution in [0.4, 0.5) is 0 Å². The second-order valence-corrected chi connectivity index (χ2v) is 7.37. The maximum absolute atomic E-state index is 12.5. The number of hydrogen-bond acceptors (Lipinski definition) is 5. The number of amides is 1. The summed E-state index contributed by atoms with van der Waals surface area (Å²) in [6.45, 7) is 3.58. The molecule has 6 nitrogen and oxygen atoms in total. The summed E-state index contributed by atoms with van der Waals surface area (Å²) in [5.41, 5.74) is 0.927. The molecule has 0 bridgehead atoms. The van der Waals surface area contributed by atoms with Gasteiger partial charge in [-0.15, -0.1) is 0 Å². The number of nitrogens with one attached hydrogen (secondary N) is 1. The number of nitrogens with zero attached hydrogens (tertiary/aromatic N) is 1. The number of rotatable bonds is 8. The number of aliphatic carboxylic acids is 1. The fraction of sp³-hybridized carbons (Fsp3) is 0.286. The number of carbonyl (C=O) groups is 2. The summed E-state index contributed by atoms with van der Waals surface area (Å²) >= 11 is 1.54. The molecule has 0 aliphatic rings. The second-order valence-electron chi connectivity index (χ2n) is 6.59. The summed E-state index contributed by atoms with van der Waals surface area (Å²) < 4.78 is 5.66. The van der Waals surface area contributed by atoms with E-state index in [0.29, 0.717) is 29.3 Å². The largest absolute Gasteiger partial charge is 0.481 e. The van der Waals surface area contributed by atoms with Crippen molar-refractivity contribution in [1.82, 2.24) is 10.3 Å². The molecule has 0 aliphatic carbocycles. The number of carbonyl (C=O) groups excluding carboxylic acids is 1. The zero-order valence-electron chi connectivity index (χ0n) is 15.8. The van der Waals surface area contributed by atoms with Crippen LogP contribution in [0.5, 0.6) is 0 Å². The molecule has 146 valence electrons. The second kappa shape index (κ2) is 8.39. The van der Waals surface area contributed by atoms with E-state index >= 15 is 0 Å². The number of carboxylic acids is 1. The molecule has 2 heterocycles. The van der Waals surface area contributed by atoms with Crippen molar-refractivity contribution in [2.75, 3.05) is 6.54 Å². The molecular weight excluding hydrogens is 376 g/mol. The van der Waals surface area contributed by atoms with Gasteiger partial charge in [0.25, 0.3) is 0 Å². The van der Waals surface area contributed by atoms with E-state index in [-0.39, 0.29) is 18.9 Å². The smallest absolute Gasteiger partial charge is 0.315 e. The molecule has 1 atom stereocenters. The van der Waals surface area contributed by atoms with Crippen molar-refractivity contribution in [3.8, 4) is 11.5 Å². The molecule has 0 aliphatic heterocycles. The normalized spacial score (nSPS) is 13.1. The van der Waals surface area contributed by atoms with Crippen LogP contribution in [-0.2, 0) is 21.4 Å². The molecular formula is C21H22N2O4S. The number of oxazole rings is 1. The Balaban J connectivity index is 1.71. The quantitative estimate of drug-likeness (QED) is 0.602. The Hall–Kier alpha value is -2.93. The average molecular weight is 398 g/mol. The third-order valence-electron chi connectivity index (χ3n) is 4.92. The molecule has 0 radical (unpaired) electrons. The highest BCUT2D eigenvalue weighted by atomic mass is 32.1.